The molecule has 414 valence electrons. The van der Waals surface area contributed by atoms with Crippen molar-refractivity contribution >= 4 is 105 Å². The van der Waals surface area contributed by atoms with Gasteiger partial charge in [-0.1, -0.05) is 36.4 Å². The summed E-state index contributed by atoms with van der Waals surface area (Å²) in [5, 5.41) is 27.4. The number of guanidine groups is 3. The van der Waals surface area contributed by atoms with Gasteiger partial charge in [0.1, 0.15) is 36.3 Å². The van der Waals surface area contributed by atoms with Crippen LogP contribution in [0.3, 0.4) is 0 Å². The minimum atomic E-state index is -1.41. The first-order chi connectivity index (χ1) is 36.3. The molecule has 0 saturated heterocycles. The van der Waals surface area contributed by atoms with Crippen molar-refractivity contribution in [1.82, 2.24) is 41.9 Å². The van der Waals surface area contributed by atoms with E-state index >= 15 is 0 Å². The average molecular weight is 1090 g/mol. The van der Waals surface area contributed by atoms with Crippen molar-refractivity contribution in [3.63, 3.8) is 0 Å². The highest BCUT2D eigenvalue weighted by molar-refractivity contribution is 7.98. The Morgan fingerprint density at radius 2 is 0.908 bits per heavy atom. The van der Waals surface area contributed by atoms with Gasteiger partial charge in [-0.25, -0.2) is 4.79 Å². The number of thioether (sulfide) groups is 1. The second-order valence-corrected chi connectivity index (χ2v) is 19.1. The number of aromatic nitrogens is 2. The SMILES string of the molecule is CSCC[C@H](NC(=O)[C@H](CCCN=C(N)N)NC(=O)[C@H](CS)NC(=O)[C@H](Cc1c[nH]c2ccccc12)NC(=O)[C@H](Cc1c[nH]c2ccccc12)NC(=O)[C@H](CCCN=C(N)N)NC(=O)[C@@H](N)CCCN=C(N)N)C(=O)O. The minimum Gasteiger partial charge on any atom is -0.480 e. The van der Waals surface area contributed by atoms with E-state index in [9.17, 15) is 38.7 Å². The van der Waals surface area contributed by atoms with Gasteiger partial charge in [0.05, 0.1) is 6.04 Å². The Morgan fingerprint density at radius 3 is 1.33 bits per heavy atom. The van der Waals surface area contributed by atoms with Gasteiger partial charge in [-0.05, 0) is 80.2 Å². The number of carboxylic acid groups (broad SMARTS) is 1. The van der Waals surface area contributed by atoms with E-state index in [2.05, 4.69) is 69.5 Å². The van der Waals surface area contributed by atoms with Gasteiger partial charge >= 0.3 is 5.97 Å². The predicted octanol–water partition coefficient (Wildman–Crippen LogP) is -2.40. The van der Waals surface area contributed by atoms with Crippen molar-refractivity contribution in [2.24, 2.45) is 55.1 Å². The molecule has 0 saturated carbocycles. The summed E-state index contributed by atoms with van der Waals surface area (Å²) in [6.07, 6.45) is 6.02. The van der Waals surface area contributed by atoms with Crippen LogP contribution in [0.25, 0.3) is 21.8 Å². The van der Waals surface area contributed by atoms with Crippen molar-refractivity contribution in [1.29, 1.82) is 0 Å². The molecule has 0 fully saturated rings. The Hall–Kier alpha value is -7.72. The molecule has 4 aromatic rings. The zero-order valence-corrected chi connectivity index (χ0v) is 44.0. The Balaban J connectivity index is 1.68. The van der Waals surface area contributed by atoms with Gasteiger partial charge in [0.15, 0.2) is 17.9 Å². The summed E-state index contributed by atoms with van der Waals surface area (Å²) in [5.74, 6) is -6.29. The maximum atomic E-state index is 14.9. The number of fused-ring (bicyclic) bond motifs is 2. The largest absolute Gasteiger partial charge is 0.480 e. The number of amides is 6. The second kappa shape index (κ2) is 31.2. The van der Waals surface area contributed by atoms with Gasteiger partial charge in [-0.2, -0.15) is 24.4 Å². The highest BCUT2D eigenvalue weighted by Crippen LogP contribution is 2.22. The number of aliphatic imine (C=N–C) groups is 3. The van der Waals surface area contributed by atoms with Crippen LogP contribution < -0.4 is 72.0 Å². The Kier molecular flexibility index (Phi) is 25.0. The van der Waals surface area contributed by atoms with Crippen molar-refractivity contribution in [2.45, 2.75) is 100 Å². The molecular formula is C48H72N18O8S2. The number of H-pyrrole nitrogens is 2. The van der Waals surface area contributed by atoms with E-state index in [1.165, 1.54) is 11.8 Å². The number of hydrogen-bond donors (Lipinski definition) is 17. The van der Waals surface area contributed by atoms with Gasteiger partial charge in [-0.15, -0.1) is 0 Å². The van der Waals surface area contributed by atoms with Crippen LogP contribution in [-0.2, 0) is 46.4 Å². The second-order valence-electron chi connectivity index (χ2n) is 17.7. The van der Waals surface area contributed by atoms with Crippen LogP contribution in [-0.4, -0.2) is 154 Å². The Labute approximate surface area is 449 Å². The lowest BCUT2D eigenvalue weighted by molar-refractivity contribution is -0.142. The first-order valence-electron chi connectivity index (χ1n) is 24.5. The van der Waals surface area contributed by atoms with Gasteiger partial charge in [0, 0.05) is 72.4 Å². The number of para-hydroxylation sites is 2. The van der Waals surface area contributed by atoms with Crippen LogP contribution >= 0.6 is 24.4 Å². The van der Waals surface area contributed by atoms with Crippen molar-refractivity contribution in [3.05, 3.63) is 72.1 Å². The average Bonchev–Trinajstić information content (AvgIpc) is 4.00. The quantitative estimate of drug-likeness (QED) is 0.0102. The molecule has 0 aliphatic carbocycles. The standard InChI is InChI=1S/C48H72N18O8S2/c1-76-20-16-35(45(73)74)63-40(68)34(15-8-19-58-48(54)55)62-44(72)38(25-75)66-43(71)37(22-27-24-60-32-13-5-3-10-29(27)32)65-42(70)36(21-26-23-59-31-12-4-2-9-28(26)31)64-41(69)33(14-7-18-57-47(52)53)61-39(67)30(49)11-6-17-56-46(50)51/h2-5,9-10,12-13,23-24,30,33-38,59-60,75H,6-8,11,14-22,25,49H2,1H3,(H,61,67)(H,62,72)(H,63,68)(H,64,69)(H,65,70)(H,66,71)(H,73,74)(H4,50,51,56)(H4,52,53,57)(H4,54,55,58)/t30-,33-,34-,35-,36-,37-,38-/m0/s1. The number of benzene rings is 2. The van der Waals surface area contributed by atoms with Gasteiger partial charge < -0.3 is 87.1 Å². The molecule has 2 heterocycles. The predicted molar refractivity (Wildman–Crippen MR) is 298 cm³/mol. The summed E-state index contributed by atoms with van der Waals surface area (Å²) in [4.78, 5) is 115. The van der Waals surface area contributed by atoms with Crippen LogP contribution in [0.15, 0.2) is 75.9 Å². The molecule has 0 aliphatic heterocycles. The summed E-state index contributed by atoms with van der Waals surface area (Å²) >= 11 is 5.76. The third-order valence-corrected chi connectivity index (χ3v) is 13.0. The van der Waals surface area contributed by atoms with Crippen molar-refractivity contribution < 1.29 is 38.7 Å². The lowest BCUT2D eigenvalue weighted by atomic mass is 10.0. The molecule has 7 atom stereocenters. The number of carbonyl (C=O) groups excluding carboxylic acids is 6. The maximum Gasteiger partial charge on any atom is 0.326 e. The fourth-order valence-electron chi connectivity index (χ4n) is 7.98. The van der Waals surface area contributed by atoms with Crippen LogP contribution in [0.5, 0.6) is 0 Å². The number of nitrogens with zero attached hydrogens (tertiary/aromatic N) is 3. The van der Waals surface area contributed by atoms with Gasteiger partial charge in [0.2, 0.25) is 35.4 Å². The molecular weight excluding hydrogens is 1020 g/mol. The first-order valence-corrected chi connectivity index (χ1v) is 26.5. The van der Waals surface area contributed by atoms with Crippen LogP contribution in [0.4, 0.5) is 0 Å². The Morgan fingerprint density at radius 1 is 0.539 bits per heavy atom. The van der Waals surface area contributed by atoms with E-state index in [-0.39, 0.29) is 94.6 Å². The molecule has 4 rings (SSSR count). The monoisotopic (exact) mass is 1090 g/mol. The molecule has 0 aliphatic rings. The van der Waals surface area contributed by atoms with Crippen LogP contribution in [0, 0.1) is 0 Å². The Bertz CT molecular complexity index is 2680. The van der Waals surface area contributed by atoms with Crippen LogP contribution in [0.1, 0.15) is 56.1 Å². The van der Waals surface area contributed by atoms with E-state index in [0.717, 1.165) is 21.8 Å². The van der Waals surface area contributed by atoms with Crippen molar-refractivity contribution in [3.8, 4) is 0 Å². The van der Waals surface area contributed by atoms with E-state index in [4.69, 9.17) is 40.1 Å². The fraction of sp³-hybridized carbons (Fsp3) is 0.458. The zero-order chi connectivity index (χ0) is 55.7. The topological polar surface area (TPSA) is 463 Å². The summed E-state index contributed by atoms with van der Waals surface area (Å²) in [6.45, 7) is 0.417. The maximum absolute atomic E-state index is 14.9. The first kappa shape index (κ1) is 60.8. The highest BCUT2D eigenvalue weighted by atomic mass is 32.2. The number of nitrogens with one attached hydrogen (secondary N) is 8. The molecule has 2 aromatic carbocycles. The van der Waals surface area contributed by atoms with Crippen molar-refractivity contribution in [2.75, 3.05) is 37.4 Å². The number of aliphatic carboxylic acids is 1. The molecule has 0 spiro atoms. The number of carbonyl (C=O) groups is 7. The molecule has 26 nitrogen and oxygen atoms in total. The third kappa shape index (κ3) is 19.9. The van der Waals surface area contributed by atoms with E-state index in [1.807, 2.05) is 42.5 Å². The van der Waals surface area contributed by atoms with Gasteiger partial charge in [-0.3, -0.25) is 43.7 Å². The molecule has 2 aromatic heterocycles. The number of hydrogen-bond acceptors (Lipinski definition) is 13. The van der Waals surface area contributed by atoms with E-state index < -0.39 is 83.7 Å². The molecule has 0 unspecified atom stereocenters. The van der Waals surface area contributed by atoms with E-state index in [0.29, 0.717) is 23.3 Å². The fourth-order valence-corrected chi connectivity index (χ4v) is 8.71. The normalized spacial score (nSPS) is 13.8. The summed E-state index contributed by atoms with van der Waals surface area (Å²) in [5.41, 5.74) is 41.8. The molecule has 0 radical (unpaired) electrons. The lowest BCUT2D eigenvalue weighted by Gasteiger charge is -2.27. The lowest BCUT2D eigenvalue weighted by Crippen LogP contribution is -2.60. The minimum absolute atomic E-state index is 0.0201. The molecule has 0 bridgehead atoms. The summed E-state index contributed by atoms with van der Waals surface area (Å²) in [7, 11) is 0. The highest BCUT2D eigenvalue weighted by Gasteiger charge is 2.34. The van der Waals surface area contributed by atoms with E-state index in [1.54, 1.807) is 24.7 Å². The summed E-state index contributed by atoms with van der Waals surface area (Å²) < 4.78 is 0. The number of nitrogens with two attached hydrogens (primary N) is 7. The summed E-state index contributed by atoms with van der Waals surface area (Å²) in [6, 6.07) is 5.55. The molecule has 76 heavy (non-hydrogen) atoms. The zero-order valence-electron chi connectivity index (χ0n) is 42.3. The molecule has 23 N–H and O–H groups in total. The number of rotatable bonds is 33. The third-order valence-electron chi connectivity index (χ3n) is 12.0. The molecule has 6 amide bonds. The smallest absolute Gasteiger partial charge is 0.326 e. The number of thiol groups is 1. The molecule has 28 heteroatoms. The number of aromatic amines is 2. The van der Waals surface area contributed by atoms with Crippen LogP contribution in [0.2, 0.25) is 0 Å². The van der Waals surface area contributed by atoms with Gasteiger partial charge in [0.25, 0.3) is 0 Å². The number of carboxylic acids is 1.